The number of carbonyl (C=O) groups excluding carboxylic acids is 1. The van der Waals surface area contributed by atoms with Gasteiger partial charge in [0, 0.05) is 11.0 Å². The number of hydrogen-bond acceptors (Lipinski definition) is 8. The van der Waals surface area contributed by atoms with E-state index in [4.69, 9.17) is 18.7 Å². The van der Waals surface area contributed by atoms with Crippen molar-refractivity contribution in [3.8, 4) is 23.0 Å². The lowest BCUT2D eigenvalue weighted by molar-refractivity contribution is -0.111. The molecule has 0 radical (unpaired) electrons. The van der Waals surface area contributed by atoms with Crippen LogP contribution in [0.1, 0.15) is 21.8 Å². The van der Waals surface area contributed by atoms with Crippen LogP contribution in [0.2, 0.25) is 0 Å². The third-order valence-corrected chi connectivity index (χ3v) is 5.74. The average molecular weight is 411 g/mol. The Morgan fingerprint density at radius 2 is 2.17 bits per heavy atom. The number of benzene rings is 1. The minimum Gasteiger partial charge on any atom is -0.454 e. The van der Waals surface area contributed by atoms with E-state index in [2.05, 4.69) is 15.5 Å². The topological polar surface area (TPSA) is 95.7 Å². The van der Waals surface area contributed by atoms with Crippen molar-refractivity contribution in [1.29, 1.82) is 0 Å². The highest BCUT2D eigenvalue weighted by Gasteiger charge is 2.26. The number of nitrogens with zero attached hydrogens (tertiary/aromatic N) is 2. The van der Waals surface area contributed by atoms with E-state index in [1.807, 2.05) is 18.2 Å². The van der Waals surface area contributed by atoms with Gasteiger partial charge >= 0.3 is 0 Å². The predicted molar refractivity (Wildman–Crippen MR) is 106 cm³/mol. The van der Waals surface area contributed by atoms with E-state index < -0.39 is 0 Å². The number of hydrogen-bond donors (Lipinski definition) is 1. The minimum atomic E-state index is -0.250. The number of aromatic nitrogens is 2. The molecule has 0 fully saturated rings. The van der Waals surface area contributed by atoms with Gasteiger partial charge in [-0.25, -0.2) is 0 Å². The van der Waals surface area contributed by atoms with Crippen molar-refractivity contribution in [3.05, 3.63) is 46.1 Å². The summed E-state index contributed by atoms with van der Waals surface area (Å²) in [4.78, 5) is 18.0. The first-order valence-electron chi connectivity index (χ1n) is 9.09. The lowest BCUT2D eigenvalue weighted by Crippen LogP contribution is -2.09. The number of carbonyl (C=O) groups is 1. The third-order valence-electron chi connectivity index (χ3n) is 4.62. The Morgan fingerprint density at radius 1 is 1.28 bits per heavy atom. The standard InChI is InChI=1S/C20H17N3O5S/c1-11-21-19(28-23-11)18-13-6-7-25-9-16(13)29-20(18)22-17(24)5-3-12-2-4-14-15(8-12)27-10-26-14/h2-5,8H,6-7,9-10H2,1H3,(H,22,24)/b5-3+. The van der Waals surface area contributed by atoms with Gasteiger partial charge in [0.2, 0.25) is 12.7 Å². The van der Waals surface area contributed by atoms with E-state index in [1.165, 1.54) is 17.4 Å². The SMILES string of the molecule is Cc1noc(-c2c(NC(=O)/C=C/c3ccc4c(c3)OCO4)sc3c2CCOC3)n1. The van der Waals surface area contributed by atoms with Gasteiger partial charge in [-0.05, 0) is 42.7 Å². The molecular formula is C20H17N3O5S. The lowest BCUT2D eigenvalue weighted by Gasteiger charge is -2.12. The molecule has 1 N–H and O–H groups in total. The van der Waals surface area contributed by atoms with Crippen LogP contribution in [-0.2, 0) is 22.6 Å². The van der Waals surface area contributed by atoms with E-state index in [0.717, 1.165) is 28.0 Å². The zero-order chi connectivity index (χ0) is 19.8. The van der Waals surface area contributed by atoms with E-state index in [-0.39, 0.29) is 12.7 Å². The maximum Gasteiger partial charge on any atom is 0.261 e. The Labute approximate surface area is 170 Å². The fraction of sp³-hybridized carbons (Fsp3) is 0.250. The maximum atomic E-state index is 12.6. The molecule has 0 unspecified atom stereocenters. The highest BCUT2D eigenvalue weighted by molar-refractivity contribution is 7.17. The molecule has 9 heteroatoms. The maximum absolute atomic E-state index is 12.6. The number of rotatable bonds is 4. The summed E-state index contributed by atoms with van der Waals surface area (Å²) in [5.41, 5.74) is 2.73. The first-order valence-corrected chi connectivity index (χ1v) is 9.91. The molecule has 29 heavy (non-hydrogen) atoms. The third kappa shape index (κ3) is 3.50. The smallest absolute Gasteiger partial charge is 0.261 e. The highest BCUT2D eigenvalue weighted by Crippen LogP contribution is 2.42. The molecule has 2 aliphatic rings. The van der Waals surface area contributed by atoms with Gasteiger partial charge in [0.25, 0.3) is 5.89 Å². The molecule has 1 aromatic carbocycles. The van der Waals surface area contributed by atoms with Gasteiger partial charge < -0.3 is 24.1 Å². The highest BCUT2D eigenvalue weighted by atomic mass is 32.1. The van der Waals surface area contributed by atoms with E-state index in [0.29, 0.717) is 41.4 Å². The zero-order valence-electron chi connectivity index (χ0n) is 15.6. The molecule has 0 bridgehead atoms. The molecule has 5 rings (SSSR count). The fourth-order valence-electron chi connectivity index (χ4n) is 3.29. The molecule has 0 aliphatic carbocycles. The van der Waals surface area contributed by atoms with Gasteiger partial charge in [-0.3, -0.25) is 4.79 Å². The average Bonchev–Trinajstić information content (AvgIpc) is 3.43. The summed E-state index contributed by atoms with van der Waals surface area (Å²) in [6.45, 7) is 3.12. The number of anilines is 1. The summed E-state index contributed by atoms with van der Waals surface area (Å²) in [7, 11) is 0. The summed E-state index contributed by atoms with van der Waals surface area (Å²) >= 11 is 1.48. The molecule has 0 atom stereocenters. The van der Waals surface area contributed by atoms with E-state index in [1.54, 1.807) is 13.0 Å². The number of nitrogens with one attached hydrogen (secondary N) is 1. The predicted octanol–water partition coefficient (Wildman–Crippen LogP) is 3.56. The molecular weight excluding hydrogens is 394 g/mol. The largest absolute Gasteiger partial charge is 0.454 e. The van der Waals surface area contributed by atoms with Gasteiger partial charge in [0.15, 0.2) is 17.3 Å². The van der Waals surface area contributed by atoms with Crippen LogP contribution in [0, 0.1) is 6.92 Å². The van der Waals surface area contributed by atoms with Gasteiger partial charge in [-0.1, -0.05) is 11.2 Å². The fourth-order valence-corrected chi connectivity index (χ4v) is 4.47. The van der Waals surface area contributed by atoms with Crippen molar-refractivity contribution in [2.45, 2.75) is 20.0 Å². The second-order valence-corrected chi connectivity index (χ2v) is 7.70. The first kappa shape index (κ1) is 17.9. The monoisotopic (exact) mass is 411 g/mol. The lowest BCUT2D eigenvalue weighted by atomic mass is 10.1. The Balaban J connectivity index is 1.40. The summed E-state index contributed by atoms with van der Waals surface area (Å²) in [5, 5.41) is 7.52. The Kier molecular flexibility index (Phi) is 4.53. The zero-order valence-corrected chi connectivity index (χ0v) is 16.4. The molecule has 2 aliphatic heterocycles. The minimum absolute atomic E-state index is 0.216. The number of fused-ring (bicyclic) bond motifs is 2. The van der Waals surface area contributed by atoms with Crippen molar-refractivity contribution in [1.82, 2.24) is 10.1 Å². The second kappa shape index (κ2) is 7.34. The number of aryl methyl sites for hydroxylation is 1. The Hall–Kier alpha value is -3.17. The molecule has 8 nitrogen and oxygen atoms in total. The van der Waals surface area contributed by atoms with Gasteiger partial charge in [0.1, 0.15) is 5.00 Å². The molecule has 2 aromatic heterocycles. The van der Waals surface area contributed by atoms with E-state index >= 15 is 0 Å². The quantitative estimate of drug-likeness (QED) is 0.656. The molecule has 0 spiro atoms. The van der Waals surface area contributed by atoms with Crippen LogP contribution < -0.4 is 14.8 Å². The van der Waals surface area contributed by atoms with Crippen molar-refractivity contribution in [2.75, 3.05) is 18.7 Å². The summed E-state index contributed by atoms with van der Waals surface area (Å²) in [5.74, 6) is 2.09. The molecule has 0 saturated heterocycles. The van der Waals surface area contributed by atoms with E-state index in [9.17, 15) is 4.79 Å². The van der Waals surface area contributed by atoms with Crippen LogP contribution in [0.3, 0.4) is 0 Å². The van der Waals surface area contributed by atoms with Crippen LogP contribution in [0.15, 0.2) is 28.8 Å². The van der Waals surface area contributed by atoms with Gasteiger partial charge in [-0.2, -0.15) is 4.98 Å². The number of amides is 1. The number of ether oxygens (including phenoxy) is 3. The van der Waals surface area contributed by atoms with Crippen LogP contribution in [0.4, 0.5) is 5.00 Å². The summed E-state index contributed by atoms with van der Waals surface area (Å²) in [6, 6.07) is 5.52. The van der Waals surface area contributed by atoms with Crippen molar-refractivity contribution >= 4 is 28.3 Å². The molecule has 148 valence electrons. The molecule has 1 amide bonds. The van der Waals surface area contributed by atoms with Gasteiger partial charge in [-0.15, -0.1) is 11.3 Å². The summed E-state index contributed by atoms with van der Waals surface area (Å²) in [6.07, 6.45) is 3.95. The van der Waals surface area contributed by atoms with Crippen LogP contribution in [0.25, 0.3) is 17.5 Å². The summed E-state index contributed by atoms with van der Waals surface area (Å²) < 4.78 is 21.6. The van der Waals surface area contributed by atoms with Crippen molar-refractivity contribution in [3.63, 3.8) is 0 Å². The van der Waals surface area contributed by atoms with Crippen LogP contribution >= 0.6 is 11.3 Å². The Bertz CT molecular complexity index is 1120. The first-order chi connectivity index (χ1) is 14.2. The van der Waals surface area contributed by atoms with Crippen molar-refractivity contribution in [2.24, 2.45) is 0 Å². The molecule has 0 saturated carbocycles. The molecule has 3 aromatic rings. The second-order valence-electron chi connectivity index (χ2n) is 6.59. The van der Waals surface area contributed by atoms with Crippen LogP contribution in [0.5, 0.6) is 11.5 Å². The molecule has 4 heterocycles. The van der Waals surface area contributed by atoms with Crippen LogP contribution in [-0.4, -0.2) is 29.4 Å². The Morgan fingerprint density at radius 3 is 3.03 bits per heavy atom. The number of thiophene rings is 1. The normalized spacial score (nSPS) is 14.9. The van der Waals surface area contributed by atoms with Gasteiger partial charge in [0.05, 0.1) is 18.8 Å². The van der Waals surface area contributed by atoms with Crippen molar-refractivity contribution < 1.29 is 23.5 Å².